The number of benzene rings is 3. The van der Waals surface area contributed by atoms with Crippen molar-refractivity contribution in [2.75, 3.05) is 32.8 Å². The van der Waals surface area contributed by atoms with Gasteiger partial charge in [0.2, 0.25) is 15.9 Å². The normalized spacial score (nSPS) is 15.7. The van der Waals surface area contributed by atoms with E-state index in [0.29, 0.717) is 28.0 Å². The maximum atomic E-state index is 13.8. The van der Waals surface area contributed by atoms with Crippen LogP contribution in [0.5, 0.6) is 17.2 Å². The molecule has 200 valence electrons. The van der Waals surface area contributed by atoms with Crippen LogP contribution >= 0.6 is 11.6 Å². The molecule has 1 atom stereocenters. The van der Waals surface area contributed by atoms with Gasteiger partial charge in [-0.2, -0.15) is 4.31 Å². The summed E-state index contributed by atoms with van der Waals surface area (Å²) in [6.07, 6.45) is -0.0303. The molecule has 0 bridgehead atoms. The second-order valence-corrected chi connectivity index (χ2v) is 10.8. The van der Waals surface area contributed by atoms with E-state index in [9.17, 15) is 18.0 Å². The Morgan fingerprint density at radius 1 is 0.895 bits per heavy atom. The molecule has 0 aromatic heterocycles. The Labute approximate surface area is 226 Å². The maximum absolute atomic E-state index is 13.8. The summed E-state index contributed by atoms with van der Waals surface area (Å²) < 4.78 is 44.6. The monoisotopic (exact) mass is 558 g/mol. The number of rotatable bonds is 10. The third-order valence-electron chi connectivity index (χ3n) is 6.29. The summed E-state index contributed by atoms with van der Waals surface area (Å²) in [5.74, 6) is 0.400. The van der Waals surface area contributed by atoms with Crippen molar-refractivity contribution in [3.8, 4) is 17.2 Å². The summed E-state index contributed by atoms with van der Waals surface area (Å²) in [7, 11) is 0.337. The maximum Gasteiger partial charge on any atom is 0.252 e. The first-order valence-electron chi connectivity index (χ1n) is 11.7. The number of hydrogen-bond donors (Lipinski definition) is 0. The van der Waals surface area contributed by atoms with Gasteiger partial charge in [-0.1, -0.05) is 17.7 Å². The first kappa shape index (κ1) is 27.4. The molecule has 3 aromatic rings. The number of sulfonamides is 1. The van der Waals surface area contributed by atoms with Gasteiger partial charge in [0.1, 0.15) is 11.8 Å². The van der Waals surface area contributed by atoms with Gasteiger partial charge < -0.3 is 14.2 Å². The highest BCUT2D eigenvalue weighted by Gasteiger charge is 2.46. The van der Waals surface area contributed by atoms with Crippen LogP contribution in [0.3, 0.4) is 0 Å². The second kappa shape index (κ2) is 11.4. The van der Waals surface area contributed by atoms with Crippen LogP contribution in [0.1, 0.15) is 12.0 Å². The van der Waals surface area contributed by atoms with Crippen molar-refractivity contribution in [3.05, 3.63) is 77.3 Å². The van der Waals surface area contributed by atoms with Crippen LogP contribution in [-0.4, -0.2) is 58.5 Å². The summed E-state index contributed by atoms with van der Waals surface area (Å²) >= 11 is 5.96. The molecule has 1 heterocycles. The average molecular weight is 559 g/mol. The minimum atomic E-state index is -4.18. The molecule has 38 heavy (non-hydrogen) atoms. The molecule has 1 aliphatic rings. The lowest BCUT2D eigenvalue weighted by Crippen LogP contribution is -2.46. The van der Waals surface area contributed by atoms with E-state index in [1.54, 1.807) is 42.5 Å². The molecule has 3 aromatic carbocycles. The molecule has 4 rings (SSSR count). The van der Waals surface area contributed by atoms with Crippen LogP contribution < -0.4 is 19.1 Å². The number of amides is 2. The molecule has 0 aliphatic carbocycles. The van der Waals surface area contributed by atoms with Crippen molar-refractivity contribution >= 4 is 39.1 Å². The van der Waals surface area contributed by atoms with E-state index in [1.807, 2.05) is 0 Å². The lowest BCUT2D eigenvalue weighted by atomic mass is 10.1. The van der Waals surface area contributed by atoms with Crippen molar-refractivity contribution in [3.63, 3.8) is 0 Å². The molecular weight excluding hydrogens is 532 g/mol. The van der Waals surface area contributed by atoms with E-state index >= 15 is 0 Å². The van der Waals surface area contributed by atoms with E-state index < -0.39 is 27.9 Å². The summed E-state index contributed by atoms with van der Waals surface area (Å²) in [6.45, 7) is -0.0536. The third kappa shape index (κ3) is 5.47. The molecule has 9 nitrogen and oxygen atoms in total. The minimum Gasteiger partial charge on any atom is -0.497 e. The summed E-state index contributed by atoms with van der Waals surface area (Å²) in [4.78, 5) is 27.5. The number of imide groups is 1. The second-order valence-electron chi connectivity index (χ2n) is 8.49. The molecule has 1 fully saturated rings. The summed E-state index contributed by atoms with van der Waals surface area (Å²) in [6, 6.07) is 16.2. The van der Waals surface area contributed by atoms with Crippen LogP contribution in [0.15, 0.2) is 71.6 Å². The van der Waals surface area contributed by atoms with Crippen LogP contribution in [-0.2, 0) is 26.0 Å². The number of halogens is 1. The SMILES string of the molecule is COc1ccc(S(=O)(=O)N(CCc2ccc(OC)c(OC)c2)C2CC(=O)N(c3ccc(Cl)cc3)C2=O)cc1. The summed E-state index contributed by atoms with van der Waals surface area (Å²) in [5.41, 5.74) is 1.09. The van der Waals surface area contributed by atoms with E-state index in [4.69, 9.17) is 25.8 Å². The standard InChI is InChI=1S/C27H27ClN2O7S/c1-35-21-9-11-22(12-10-21)38(33,34)29(15-14-18-4-13-24(36-2)25(16-18)37-3)23-17-26(31)30(27(23)32)20-7-5-19(28)6-8-20/h4-13,16,23H,14-15,17H2,1-3H3. The molecule has 0 spiro atoms. The smallest absolute Gasteiger partial charge is 0.252 e. The Hall–Kier alpha value is -3.60. The van der Waals surface area contributed by atoms with Crippen LogP contribution in [0, 0.1) is 0 Å². The Balaban J connectivity index is 1.69. The van der Waals surface area contributed by atoms with Gasteiger partial charge in [0, 0.05) is 11.6 Å². The van der Waals surface area contributed by atoms with E-state index in [1.165, 1.54) is 45.6 Å². The number of anilines is 1. The highest BCUT2D eigenvalue weighted by molar-refractivity contribution is 7.89. The number of carbonyl (C=O) groups excluding carboxylic acids is 2. The average Bonchev–Trinajstić information content (AvgIpc) is 3.22. The topological polar surface area (TPSA) is 102 Å². The molecule has 1 unspecified atom stereocenters. The predicted molar refractivity (Wildman–Crippen MR) is 142 cm³/mol. The molecule has 0 saturated carbocycles. The summed E-state index contributed by atoms with van der Waals surface area (Å²) in [5, 5.41) is 0.447. The molecule has 0 N–H and O–H groups in total. The number of hydrogen-bond acceptors (Lipinski definition) is 7. The Morgan fingerprint density at radius 2 is 1.55 bits per heavy atom. The Kier molecular flexibility index (Phi) is 8.25. The highest BCUT2D eigenvalue weighted by Crippen LogP contribution is 2.32. The lowest BCUT2D eigenvalue weighted by molar-refractivity contribution is -0.122. The van der Waals surface area contributed by atoms with Gasteiger partial charge in [0.25, 0.3) is 5.91 Å². The van der Waals surface area contributed by atoms with E-state index in [-0.39, 0.29) is 24.3 Å². The van der Waals surface area contributed by atoms with Crippen molar-refractivity contribution in [2.24, 2.45) is 0 Å². The number of carbonyl (C=O) groups is 2. The minimum absolute atomic E-state index is 0.0178. The van der Waals surface area contributed by atoms with Crippen molar-refractivity contribution in [1.82, 2.24) is 4.31 Å². The molecule has 11 heteroatoms. The number of ether oxygens (including phenoxy) is 3. The van der Waals surface area contributed by atoms with Gasteiger partial charge in [-0.3, -0.25) is 9.59 Å². The van der Waals surface area contributed by atoms with Crippen LogP contribution in [0.4, 0.5) is 5.69 Å². The zero-order valence-corrected chi connectivity index (χ0v) is 22.7. The van der Waals surface area contributed by atoms with Crippen molar-refractivity contribution in [2.45, 2.75) is 23.8 Å². The number of methoxy groups -OCH3 is 3. The third-order valence-corrected chi connectivity index (χ3v) is 8.46. The van der Waals surface area contributed by atoms with Gasteiger partial charge in [-0.15, -0.1) is 0 Å². The van der Waals surface area contributed by atoms with Gasteiger partial charge in [0.15, 0.2) is 11.5 Å². The van der Waals surface area contributed by atoms with E-state index in [0.717, 1.165) is 14.8 Å². The van der Waals surface area contributed by atoms with Crippen LogP contribution in [0.25, 0.3) is 0 Å². The van der Waals surface area contributed by atoms with Gasteiger partial charge in [0.05, 0.1) is 38.3 Å². The molecule has 0 radical (unpaired) electrons. The van der Waals surface area contributed by atoms with Gasteiger partial charge in [-0.25, -0.2) is 13.3 Å². The van der Waals surface area contributed by atoms with Crippen molar-refractivity contribution < 1.29 is 32.2 Å². The largest absolute Gasteiger partial charge is 0.497 e. The first-order valence-corrected chi connectivity index (χ1v) is 13.5. The van der Waals surface area contributed by atoms with Crippen LogP contribution in [0.2, 0.25) is 5.02 Å². The zero-order valence-electron chi connectivity index (χ0n) is 21.1. The molecule has 1 saturated heterocycles. The fourth-order valence-corrected chi connectivity index (χ4v) is 6.01. The van der Waals surface area contributed by atoms with Gasteiger partial charge >= 0.3 is 0 Å². The zero-order chi connectivity index (χ0) is 27.4. The Morgan fingerprint density at radius 3 is 2.16 bits per heavy atom. The number of nitrogens with zero attached hydrogens (tertiary/aromatic N) is 2. The highest BCUT2D eigenvalue weighted by atomic mass is 35.5. The molecular formula is C27H27ClN2O7S. The molecule has 2 amide bonds. The fraction of sp³-hybridized carbons (Fsp3) is 0.259. The quantitative estimate of drug-likeness (QED) is 0.347. The lowest BCUT2D eigenvalue weighted by Gasteiger charge is -2.27. The fourth-order valence-electron chi connectivity index (χ4n) is 4.30. The van der Waals surface area contributed by atoms with E-state index in [2.05, 4.69) is 0 Å². The first-order chi connectivity index (χ1) is 18.2. The van der Waals surface area contributed by atoms with Gasteiger partial charge in [-0.05, 0) is 72.6 Å². The molecule has 1 aliphatic heterocycles. The van der Waals surface area contributed by atoms with Crippen molar-refractivity contribution in [1.29, 1.82) is 0 Å². The predicted octanol–water partition coefficient (Wildman–Crippen LogP) is 3.93. The Bertz CT molecular complexity index is 1430.